The van der Waals surface area contributed by atoms with Crippen molar-refractivity contribution in [2.45, 2.75) is 38.0 Å². The van der Waals surface area contributed by atoms with Crippen molar-refractivity contribution in [1.82, 2.24) is 10.3 Å². The maximum atomic E-state index is 13.3. The minimum absolute atomic E-state index is 0.0291. The highest BCUT2D eigenvalue weighted by Gasteiger charge is 2.29. The molecule has 1 aromatic heterocycles. The first-order valence-electron chi connectivity index (χ1n) is 9.00. The van der Waals surface area contributed by atoms with Crippen LogP contribution >= 0.6 is 0 Å². The standard InChI is InChI=1S/C20H22FN3O/c21-15-5-2-6-16(9-15)24-19-10-17(14-7-8-14)18(12-22-19)20(25)23-11-13-3-1-4-13/h2,5-6,9-10,12-14H,1,3-4,7-8,11H2,(H,22,24)(H,23,25). The van der Waals surface area contributed by atoms with Gasteiger partial charge in [-0.3, -0.25) is 4.79 Å². The Morgan fingerprint density at radius 2 is 2.04 bits per heavy atom. The number of anilines is 2. The average Bonchev–Trinajstić information content (AvgIpc) is 3.38. The van der Waals surface area contributed by atoms with Crippen LogP contribution in [0.2, 0.25) is 0 Å². The minimum Gasteiger partial charge on any atom is -0.352 e. The Labute approximate surface area is 146 Å². The number of hydrogen-bond donors (Lipinski definition) is 2. The molecule has 5 heteroatoms. The number of amides is 1. The SMILES string of the molecule is O=C(NCC1CCC1)c1cnc(Nc2cccc(F)c2)cc1C1CC1. The van der Waals surface area contributed by atoms with Gasteiger partial charge < -0.3 is 10.6 Å². The van der Waals surface area contributed by atoms with Crippen LogP contribution in [0.25, 0.3) is 0 Å². The largest absolute Gasteiger partial charge is 0.352 e. The quantitative estimate of drug-likeness (QED) is 0.821. The molecule has 0 saturated heterocycles. The summed E-state index contributed by atoms with van der Waals surface area (Å²) >= 11 is 0. The summed E-state index contributed by atoms with van der Waals surface area (Å²) < 4.78 is 13.3. The zero-order valence-corrected chi connectivity index (χ0v) is 14.1. The van der Waals surface area contributed by atoms with Gasteiger partial charge in [-0.25, -0.2) is 9.37 Å². The number of hydrogen-bond acceptors (Lipinski definition) is 3. The Balaban J connectivity index is 1.51. The molecule has 2 fully saturated rings. The predicted octanol–water partition coefficient (Wildman–Crippen LogP) is 4.37. The van der Waals surface area contributed by atoms with Crippen molar-refractivity contribution in [3.8, 4) is 0 Å². The van der Waals surface area contributed by atoms with E-state index in [0.29, 0.717) is 28.9 Å². The van der Waals surface area contributed by atoms with Gasteiger partial charge in [-0.05, 0) is 67.3 Å². The van der Waals surface area contributed by atoms with Gasteiger partial charge in [0.1, 0.15) is 11.6 Å². The summed E-state index contributed by atoms with van der Waals surface area (Å²) in [6.07, 6.45) is 7.55. The highest BCUT2D eigenvalue weighted by atomic mass is 19.1. The summed E-state index contributed by atoms with van der Waals surface area (Å²) in [5.41, 5.74) is 2.36. The molecule has 0 radical (unpaired) electrons. The number of halogens is 1. The zero-order valence-electron chi connectivity index (χ0n) is 14.1. The van der Waals surface area contributed by atoms with Crippen molar-refractivity contribution in [3.05, 3.63) is 53.5 Å². The van der Waals surface area contributed by atoms with E-state index in [1.54, 1.807) is 18.3 Å². The molecule has 2 aliphatic carbocycles. The summed E-state index contributed by atoms with van der Waals surface area (Å²) in [5, 5.41) is 6.17. The van der Waals surface area contributed by atoms with Crippen LogP contribution in [0.4, 0.5) is 15.9 Å². The average molecular weight is 339 g/mol. The minimum atomic E-state index is -0.292. The second kappa shape index (κ2) is 6.82. The molecule has 2 aromatic rings. The number of aromatic nitrogens is 1. The third kappa shape index (κ3) is 3.81. The normalized spacial score (nSPS) is 17.0. The van der Waals surface area contributed by atoms with Crippen LogP contribution < -0.4 is 10.6 Å². The second-order valence-electron chi connectivity index (χ2n) is 7.07. The van der Waals surface area contributed by atoms with Gasteiger partial charge in [0.25, 0.3) is 5.91 Å². The van der Waals surface area contributed by atoms with Gasteiger partial charge in [0, 0.05) is 18.4 Å². The Morgan fingerprint density at radius 1 is 1.20 bits per heavy atom. The summed E-state index contributed by atoms with van der Waals surface area (Å²) in [5.74, 6) is 1.39. The molecule has 25 heavy (non-hydrogen) atoms. The molecule has 2 aliphatic rings. The monoisotopic (exact) mass is 339 g/mol. The van der Waals surface area contributed by atoms with Crippen LogP contribution in [0.3, 0.4) is 0 Å². The number of benzene rings is 1. The second-order valence-corrected chi connectivity index (χ2v) is 7.07. The lowest BCUT2D eigenvalue weighted by Crippen LogP contribution is -2.32. The fraction of sp³-hybridized carbons (Fsp3) is 0.400. The molecule has 0 bridgehead atoms. The van der Waals surface area contributed by atoms with Gasteiger partial charge >= 0.3 is 0 Å². The van der Waals surface area contributed by atoms with Crippen LogP contribution in [-0.2, 0) is 0 Å². The number of rotatable bonds is 6. The molecule has 0 spiro atoms. The lowest BCUT2D eigenvalue weighted by molar-refractivity contribution is 0.0937. The highest BCUT2D eigenvalue weighted by Crippen LogP contribution is 2.42. The van der Waals surface area contributed by atoms with Crippen LogP contribution in [0.1, 0.15) is 53.9 Å². The summed E-state index contributed by atoms with van der Waals surface area (Å²) in [6, 6.07) is 8.21. The van der Waals surface area contributed by atoms with E-state index in [-0.39, 0.29) is 11.7 Å². The van der Waals surface area contributed by atoms with Crippen molar-refractivity contribution < 1.29 is 9.18 Å². The van der Waals surface area contributed by atoms with Crippen LogP contribution in [-0.4, -0.2) is 17.4 Å². The predicted molar refractivity (Wildman–Crippen MR) is 95.6 cm³/mol. The Morgan fingerprint density at radius 3 is 2.72 bits per heavy atom. The fourth-order valence-electron chi connectivity index (χ4n) is 3.20. The highest BCUT2D eigenvalue weighted by molar-refractivity contribution is 5.96. The first kappa shape index (κ1) is 16.1. The lowest BCUT2D eigenvalue weighted by atomic mass is 9.85. The van der Waals surface area contributed by atoms with E-state index in [9.17, 15) is 9.18 Å². The van der Waals surface area contributed by atoms with E-state index >= 15 is 0 Å². The Bertz CT molecular complexity index is 784. The van der Waals surface area contributed by atoms with E-state index in [1.807, 2.05) is 6.07 Å². The van der Waals surface area contributed by atoms with Crippen molar-refractivity contribution in [3.63, 3.8) is 0 Å². The summed E-state index contributed by atoms with van der Waals surface area (Å²) in [6.45, 7) is 0.756. The van der Waals surface area contributed by atoms with E-state index in [2.05, 4.69) is 15.6 Å². The Kier molecular flexibility index (Phi) is 4.38. The van der Waals surface area contributed by atoms with Crippen molar-refractivity contribution in [2.24, 2.45) is 5.92 Å². The van der Waals surface area contributed by atoms with Gasteiger partial charge in [0.15, 0.2) is 0 Å². The van der Waals surface area contributed by atoms with Gasteiger partial charge in [-0.2, -0.15) is 0 Å². The molecular formula is C20H22FN3O. The summed E-state index contributed by atoms with van der Waals surface area (Å²) in [4.78, 5) is 16.9. The molecule has 2 N–H and O–H groups in total. The smallest absolute Gasteiger partial charge is 0.253 e. The molecule has 4 rings (SSSR count). The molecule has 1 heterocycles. The molecule has 1 aromatic carbocycles. The molecule has 2 saturated carbocycles. The number of pyridine rings is 1. The molecular weight excluding hydrogens is 317 g/mol. The first-order valence-corrected chi connectivity index (χ1v) is 9.00. The van der Waals surface area contributed by atoms with Crippen molar-refractivity contribution in [2.75, 3.05) is 11.9 Å². The van der Waals surface area contributed by atoms with Gasteiger partial charge in [-0.1, -0.05) is 12.5 Å². The number of nitrogens with one attached hydrogen (secondary N) is 2. The van der Waals surface area contributed by atoms with Gasteiger partial charge in [0.05, 0.1) is 5.56 Å². The lowest BCUT2D eigenvalue weighted by Gasteiger charge is -2.25. The van der Waals surface area contributed by atoms with Crippen LogP contribution in [0.15, 0.2) is 36.5 Å². The molecule has 0 aliphatic heterocycles. The van der Waals surface area contributed by atoms with Gasteiger partial charge in [0.2, 0.25) is 0 Å². The molecule has 1 amide bonds. The maximum absolute atomic E-state index is 13.3. The molecule has 4 nitrogen and oxygen atoms in total. The fourth-order valence-corrected chi connectivity index (χ4v) is 3.20. The molecule has 0 unspecified atom stereocenters. The van der Waals surface area contributed by atoms with E-state index < -0.39 is 0 Å². The number of nitrogens with zero attached hydrogens (tertiary/aromatic N) is 1. The van der Waals surface area contributed by atoms with Crippen molar-refractivity contribution in [1.29, 1.82) is 0 Å². The molecule has 0 atom stereocenters. The van der Waals surface area contributed by atoms with E-state index in [0.717, 1.165) is 24.9 Å². The first-order chi connectivity index (χ1) is 12.2. The Hall–Kier alpha value is -2.43. The van der Waals surface area contributed by atoms with E-state index in [1.165, 1.54) is 31.4 Å². The zero-order chi connectivity index (χ0) is 17.2. The number of carbonyl (C=O) groups is 1. The van der Waals surface area contributed by atoms with Gasteiger partial charge in [-0.15, -0.1) is 0 Å². The topological polar surface area (TPSA) is 54.0 Å². The summed E-state index contributed by atoms with van der Waals surface area (Å²) in [7, 11) is 0. The van der Waals surface area contributed by atoms with Crippen molar-refractivity contribution >= 4 is 17.4 Å². The number of carbonyl (C=O) groups excluding carboxylic acids is 1. The van der Waals surface area contributed by atoms with E-state index in [4.69, 9.17) is 0 Å². The molecule has 130 valence electrons. The van der Waals surface area contributed by atoms with Crippen LogP contribution in [0, 0.1) is 11.7 Å². The maximum Gasteiger partial charge on any atom is 0.253 e. The van der Waals surface area contributed by atoms with Crippen LogP contribution in [0.5, 0.6) is 0 Å². The third-order valence-electron chi connectivity index (χ3n) is 5.07. The third-order valence-corrected chi connectivity index (χ3v) is 5.07.